The minimum absolute atomic E-state index is 0.211. The van der Waals surface area contributed by atoms with Crippen molar-refractivity contribution in [3.63, 3.8) is 0 Å². The first-order valence-corrected chi connectivity index (χ1v) is 11.9. The number of nitrogen functional groups attached to an aromatic ring is 1. The number of furan rings is 1. The van der Waals surface area contributed by atoms with Crippen LogP contribution in [-0.4, -0.2) is 48.1 Å². The Bertz CT molecular complexity index is 1320. The SMILES string of the molecule is Nc1cc(-c2ccoc2)c(NC(=O)c2csc(-c3cccnc3)n2)cc1C=NCCC1OCCO1. The summed E-state index contributed by atoms with van der Waals surface area (Å²) >= 11 is 1.38. The Morgan fingerprint density at radius 3 is 2.91 bits per heavy atom. The normalized spacial score (nSPS) is 14.1. The summed E-state index contributed by atoms with van der Waals surface area (Å²) in [6, 6.07) is 9.15. The highest BCUT2D eigenvalue weighted by Crippen LogP contribution is 2.33. The fraction of sp³-hybridized carbons (Fsp3) is 0.200. The number of pyridine rings is 1. The maximum Gasteiger partial charge on any atom is 0.275 e. The van der Waals surface area contributed by atoms with Crippen molar-refractivity contribution < 1.29 is 18.7 Å². The van der Waals surface area contributed by atoms with Crippen LogP contribution in [0.25, 0.3) is 21.7 Å². The Hall–Kier alpha value is -3.86. The number of nitrogens with one attached hydrogen (secondary N) is 1. The van der Waals surface area contributed by atoms with Gasteiger partial charge in [-0.2, -0.15) is 0 Å². The molecule has 1 aliphatic rings. The van der Waals surface area contributed by atoms with Gasteiger partial charge in [-0.25, -0.2) is 4.98 Å². The molecule has 0 spiro atoms. The molecule has 3 N–H and O–H groups in total. The average Bonchev–Trinajstić information content (AvgIpc) is 3.67. The molecule has 9 nitrogen and oxygen atoms in total. The Labute approximate surface area is 205 Å². The number of nitrogens with zero attached hydrogens (tertiary/aromatic N) is 3. The van der Waals surface area contributed by atoms with E-state index >= 15 is 0 Å². The molecule has 4 aromatic rings. The summed E-state index contributed by atoms with van der Waals surface area (Å²) in [6.45, 7) is 1.76. The van der Waals surface area contributed by atoms with Gasteiger partial charge in [0.05, 0.1) is 25.7 Å². The van der Waals surface area contributed by atoms with Gasteiger partial charge in [-0.15, -0.1) is 11.3 Å². The largest absolute Gasteiger partial charge is 0.472 e. The fourth-order valence-electron chi connectivity index (χ4n) is 3.61. The molecule has 0 unspecified atom stereocenters. The first-order chi connectivity index (χ1) is 17.2. The minimum atomic E-state index is -0.329. The summed E-state index contributed by atoms with van der Waals surface area (Å²) in [4.78, 5) is 26.1. The number of carbonyl (C=O) groups excluding carboxylic acids is 1. The molecule has 5 rings (SSSR count). The number of hydrogen-bond donors (Lipinski definition) is 2. The third-order valence-corrected chi connectivity index (χ3v) is 6.26. The van der Waals surface area contributed by atoms with Crippen LogP contribution in [0, 0.1) is 0 Å². The first-order valence-electron chi connectivity index (χ1n) is 11.0. The number of thiazole rings is 1. The van der Waals surface area contributed by atoms with Gasteiger partial charge in [0.1, 0.15) is 10.7 Å². The van der Waals surface area contributed by atoms with Gasteiger partial charge in [-0.1, -0.05) is 0 Å². The number of amides is 1. The lowest BCUT2D eigenvalue weighted by molar-refractivity contribution is -0.0445. The molecule has 1 amide bonds. The van der Waals surface area contributed by atoms with Crippen LogP contribution in [-0.2, 0) is 9.47 Å². The molecular weight excluding hydrogens is 466 g/mol. The third-order valence-electron chi connectivity index (χ3n) is 5.36. The summed E-state index contributed by atoms with van der Waals surface area (Å²) in [5.41, 5.74) is 10.8. The van der Waals surface area contributed by atoms with Crippen LogP contribution < -0.4 is 11.1 Å². The van der Waals surface area contributed by atoms with Crippen molar-refractivity contribution in [3.05, 3.63) is 71.9 Å². The van der Waals surface area contributed by atoms with Crippen LogP contribution in [0.2, 0.25) is 0 Å². The highest BCUT2D eigenvalue weighted by molar-refractivity contribution is 7.13. The molecule has 1 fully saturated rings. The molecule has 35 heavy (non-hydrogen) atoms. The van der Waals surface area contributed by atoms with Crippen molar-refractivity contribution >= 4 is 34.8 Å². The second-order valence-electron chi connectivity index (χ2n) is 7.77. The molecule has 0 saturated carbocycles. The second kappa shape index (κ2) is 10.6. The van der Waals surface area contributed by atoms with E-state index in [9.17, 15) is 4.79 Å². The molecule has 10 heteroatoms. The van der Waals surface area contributed by atoms with Crippen LogP contribution >= 0.6 is 11.3 Å². The lowest BCUT2D eigenvalue weighted by atomic mass is 10.0. The molecule has 1 aromatic carbocycles. The zero-order chi connectivity index (χ0) is 24.0. The monoisotopic (exact) mass is 489 g/mol. The lowest BCUT2D eigenvalue weighted by Gasteiger charge is -2.13. The fourth-order valence-corrected chi connectivity index (χ4v) is 4.40. The molecule has 4 heterocycles. The van der Waals surface area contributed by atoms with Crippen molar-refractivity contribution in [3.8, 4) is 21.7 Å². The topological polar surface area (TPSA) is 125 Å². The molecule has 3 aromatic heterocycles. The average molecular weight is 490 g/mol. The van der Waals surface area contributed by atoms with Crippen LogP contribution in [0.5, 0.6) is 0 Å². The van der Waals surface area contributed by atoms with E-state index in [2.05, 4.69) is 20.3 Å². The number of aromatic nitrogens is 2. The highest BCUT2D eigenvalue weighted by Gasteiger charge is 2.17. The van der Waals surface area contributed by atoms with Crippen LogP contribution in [0.15, 0.2) is 70.0 Å². The van der Waals surface area contributed by atoms with Gasteiger partial charge in [0, 0.05) is 70.6 Å². The Kier molecular flexibility index (Phi) is 6.94. The molecular formula is C25H23N5O4S. The molecule has 1 saturated heterocycles. The quantitative estimate of drug-likeness (QED) is 0.276. The smallest absolute Gasteiger partial charge is 0.275 e. The number of nitrogens with two attached hydrogens (primary N) is 1. The zero-order valence-electron chi connectivity index (χ0n) is 18.7. The predicted molar refractivity (Wildman–Crippen MR) is 135 cm³/mol. The van der Waals surface area contributed by atoms with Crippen LogP contribution in [0.1, 0.15) is 22.5 Å². The minimum Gasteiger partial charge on any atom is -0.472 e. The van der Waals surface area contributed by atoms with Crippen molar-refractivity contribution in [1.29, 1.82) is 0 Å². The summed E-state index contributed by atoms with van der Waals surface area (Å²) in [5.74, 6) is -0.329. The number of hydrogen-bond acceptors (Lipinski definition) is 9. The zero-order valence-corrected chi connectivity index (χ0v) is 19.5. The van der Waals surface area contributed by atoms with E-state index in [-0.39, 0.29) is 12.2 Å². The van der Waals surface area contributed by atoms with E-state index in [1.54, 1.807) is 48.6 Å². The van der Waals surface area contributed by atoms with Crippen molar-refractivity contribution in [2.45, 2.75) is 12.7 Å². The van der Waals surface area contributed by atoms with E-state index in [0.717, 1.165) is 21.7 Å². The van der Waals surface area contributed by atoms with Gasteiger partial charge in [0.2, 0.25) is 0 Å². The summed E-state index contributed by atoms with van der Waals surface area (Å²) in [7, 11) is 0. The predicted octanol–water partition coefficient (Wildman–Crippen LogP) is 4.48. The number of aliphatic imine (C=N–C) groups is 1. The number of rotatable bonds is 8. The molecule has 1 aliphatic heterocycles. The summed E-state index contributed by atoms with van der Waals surface area (Å²) < 4.78 is 16.1. The Morgan fingerprint density at radius 1 is 1.26 bits per heavy atom. The summed E-state index contributed by atoms with van der Waals surface area (Å²) in [6.07, 6.45) is 8.73. The number of anilines is 2. The maximum absolute atomic E-state index is 13.1. The van der Waals surface area contributed by atoms with Gasteiger partial charge in [0.25, 0.3) is 5.91 Å². The van der Waals surface area contributed by atoms with E-state index in [1.807, 2.05) is 18.2 Å². The number of ether oxygens (including phenoxy) is 2. The Balaban J connectivity index is 1.37. The van der Waals surface area contributed by atoms with Crippen molar-refractivity contribution in [2.24, 2.45) is 4.99 Å². The molecule has 0 radical (unpaired) electrons. The molecule has 0 bridgehead atoms. The molecule has 178 valence electrons. The molecule has 0 aliphatic carbocycles. The third kappa shape index (κ3) is 5.46. The van der Waals surface area contributed by atoms with Gasteiger partial charge >= 0.3 is 0 Å². The van der Waals surface area contributed by atoms with Gasteiger partial charge < -0.3 is 24.9 Å². The van der Waals surface area contributed by atoms with Gasteiger partial charge in [0.15, 0.2) is 6.29 Å². The maximum atomic E-state index is 13.1. The second-order valence-corrected chi connectivity index (χ2v) is 8.63. The van der Waals surface area contributed by atoms with Gasteiger partial charge in [-0.3, -0.25) is 14.8 Å². The van der Waals surface area contributed by atoms with E-state index in [0.29, 0.717) is 48.8 Å². The highest BCUT2D eigenvalue weighted by atomic mass is 32.1. The van der Waals surface area contributed by atoms with Gasteiger partial charge in [-0.05, 0) is 30.3 Å². The Morgan fingerprint density at radius 2 is 2.14 bits per heavy atom. The molecule has 0 atom stereocenters. The van der Waals surface area contributed by atoms with Crippen LogP contribution in [0.4, 0.5) is 11.4 Å². The first kappa shape index (κ1) is 22.9. The standard InChI is InChI=1S/C25H23N5O4S/c26-20-11-19(17-4-7-32-14-17)21(10-18(20)13-28-6-3-23-33-8-9-34-23)29-24(31)22-15-35-25(30-22)16-2-1-5-27-12-16/h1-2,4-5,7,10-15,23H,3,6,8-9,26H2,(H,29,31). The summed E-state index contributed by atoms with van der Waals surface area (Å²) in [5, 5.41) is 5.42. The van der Waals surface area contributed by atoms with E-state index < -0.39 is 0 Å². The number of carbonyl (C=O) groups is 1. The van der Waals surface area contributed by atoms with Crippen molar-refractivity contribution in [1.82, 2.24) is 9.97 Å². The van der Waals surface area contributed by atoms with Crippen molar-refractivity contribution in [2.75, 3.05) is 30.8 Å². The lowest BCUT2D eigenvalue weighted by Crippen LogP contribution is -2.14. The number of benzene rings is 1. The van der Waals surface area contributed by atoms with E-state index in [4.69, 9.17) is 19.6 Å². The van der Waals surface area contributed by atoms with E-state index in [1.165, 1.54) is 11.3 Å². The van der Waals surface area contributed by atoms with Crippen LogP contribution in [0.3, 0.4) is 0 Å².